The van der Waals surface area contributed by atoms with E-state index in [-0.39, 0.29) is 19.1 Å². The second kappa shape index (κ2) is 10.2. The van der Waals surface area contributed by atoms with E-state index in [2.05, 4.69) is 16.0 Å². The van der Waals surface area contributed by atoms with Gasteiger partial charge in [-0.1, -0.05) is 12.1 Å². The van der Waals surface area contributed by atoms with Gasteiger partial charge in [-0.2, -0.15) is 0 Å². The molecule has 7 nitrogen and oxygen atoms in total. The predicted molar refractivity (Wildman–Crippen MR) is 119 cm³/mol. The molecule has 0 radical (unpaired) electrons. The number of hydrogen-bond donors (Lipinski definition) is 1. The van der Waals surface area contributed by atoms with Crippen LogP contribution in [0.2, 0.25) is 0 Å². The van der Waals surface area contributed by atoms with Crippen LogP contribution >= 0.6 is 11.3 Å². The number of methoxy groups -OCH3 is 2. The Morgan fingerprint density at radius 3 is 2.52 bits per heavy atom. The normalized spacial score (nSPS) is 10.6. The van der Waals surface area contributed by atoms with Gasteiger partial charge in [0.2, 0.25) is 0 Å². The molecular weight excluding hydrogens is 416 g/mol. The van der Waals surface area contributed by atoms with E-state index in [1.54, 1.807) is 43.8 Å². The summed E-state index contributed by atoms with van der Waals surface area (Å²) in [6.07, 6.45) is 0. The molecule has 0 aliphatic carbocycles. The van der Waals surface area contributed by atoms with Gasteiger partial charge in [-0.05, 0) is 49.1 Å². The van der Waals surface area contributed by atoms with Crippen LogP contribution in [0.3, 0.4) is 0 Å². The lowest BCUT2D eigenvalue weighted by molar-refractivity contribution is -0.124. The van der Waals surface area contributed by atoms with Crippen LogP contribution in [0.4, 0.5) is 0 Å². The minimum absolute atomic E-state index is 0.284. The van der Waals surface area contributed by atoms with E-state index < -0.39 is 5.97 Å². The summed E-state index contributed by atoms with van der Waals surface area (Å²) >= 11 is 1.67. The zero-order valence-corrected chi connectivity index (χ0v) is 18.9. The maximum Gasteiger partial charge on any atom is 0.340 e. The molecule has 0 saturated heterocycles. The molecule has 0 atom stereocenters. The van der Waals surface area contributed by atoms with Crippen molar-refractivity contribution in [1.82, 2.24) is 9.88 Å². The molecule has 1 amide bonds. The molecular formula is C23H26N2O5S. The number of benzene rings is 1. The predicted octanol–water partition coefficient (Wildman–Crippen LogP) is 3.71. The maximum absolute atomic E-state index is 12.5. The molecule has 0 saturated carbocycles. The van der Waals surface area contributed by atoms with Crippen molar-refractivity contribution < 1.29 is 23.8 Å². The number of esters is 1. The lowest BCUT2D eigenvalue weighted by atomic mass is 10.2. The van der Waals surface area contributed by atoms with Crippen molar-refractivity contribution in [3.05, 3.63) is 69.2 Å². The van der Waals surface area contributed by atoms with Gasteiger partial charge in [-0.15, -0.1) is 11.3 Å². The van der Waals surface area contributed by atoms with Crippen molar-refractivity contribution in [3.63, 3.8) is 0 Å². The van der Waals surface area contributed by atoms with E-state index in [1.165, 1.54) is 4.88 Å². The number of ether oxygens (including phenoxy) is 3. The third kappa shape index (κ3) is 5.46. The van der Waals surface area contributed by atoms with Gasteiger partial charge in [-0.25, -0.2) is 4.79 Å². The molecule has 31 heavy (non-hydrogen) atoms. The molecule has 8 heteroatoms. The fourth-order valence-corrected chi connectivity index (χ4v) is 3.95. The molecule has 3 aromatic rings. The van der Waals surface area contributed by atoms with Crippen molar-refractivity contribution in [2.24, 2.45) is 0 Å². The van der Waals surface area contributed by atoms with Crippen LogP contribution in [0, 0.1) is 13.8 Å². The summed E-state index contributed by atoms with van der Waals surface area (Å²) in [6.45, 7) is 4.47. The Balaban J connectivity index is 1.54. The van der Waals surface area contributed by atoms with Gasteiger partial charge in [0.15, 0.2) is 18.1 Å². The Hall–Kier alpha value is -3.26. The Morgan fingerprint density at radius 1 is 1.06 bits per heavy atom. The quantitative estimate of drug-likeness (QED) is 0.511. The highest BCUT2D eigenvalue weighted by Gasteiger charge is 2.18. The van der Waals surface area contributed by atoms with Crippen molar-refractivity contribution in [2.75, 3.05) is 20.8 Å². The second-order valence-electron chi connectivity index (χ2n) is 6.99. The summed E-state index contributed by atoms with van der Waals surface area (Å²) in [5, 5.41) is 4.77. The van der Waals surface area contributed by atoms with Gasteiger partial charge in [-0.3, -0.25) is 4.79 Å². The largest absolute Gasteiger partial charge is 0.493 e. The van der Waals surface area contributed by atoms with Gasteiger partial charge in [0, 0.05) is 22.8 Å². The van der Waals surface area contributed by atoms with E-state index in [0.717, 1.165) is 17.0 Å². The highest BCUT2D eigenvalue weighted by atomic mass is 32.1. The Labute approximate surface area is 185 Å². The average molecular weight is 443 g/mol. The van der Waals surface area contributed by atoms with Crippen LogP contribution in [-0.4, -0.2) is 37.3 Å². The highest BCUT2D eigenvalue weighted by molar-refractivity contribution is 7.09. The van der Waals surface area contributed by atoms with Crippen molar-refractivity contribution in [2.45, 2.75) is 26.9 Å². The number of amides is 1. The van der Waals surface area contributed by atoms with Crippen LogP contribution in [-0.2, 0) is 22.6 Å². The number of thiophene rings is 1. The summed E-state index contributed by atoms with van der Waals surface area (Å²) in [4.78, 5) is 25.9. The first-order valence-electron chi connectivity index (χ1n) is 9.76. The van der Waals surface area contributed by atoms with Crippen molar-refractivity contribution in [1.29, 1.82) is 0 Å². The molecule has 2 aromatic heterocycles. The molecule has 3 rings (SSSR count). The molecule has 0 unspecified atom stereocenters. The van der Waals surface area contributed by atoms with Crippen LogP contribution in [0.15, 0.2) is 41.8 Å². The topological polar surface area (TPSA) is 78.8 Å². The van der Waals surface area contributed by atoms with E-state index in [4.69, 9.17) is 14.2 Å². The first kappa shape index (κ1) is 22.4. The summed E-state index contributed by atoms with van der Waals surface area (Å²) in [5.74, 6) is 0.309. The lowest BCUT2D eigenvalue weighted by Crippen LogP contribution is -2.28. The van der Waals surface area contributed by atoms with Gasteiger partial charge in [0.25, 0.3) is 5.91 Å². The zero-order chi connectivity index (χ0) is 22.4. The molecule has 164 valence electrons. The lowest BCUT2D eigenvalue weighted by Gasteiger charge is -2.11. The molecule has 0 aliphatic rings. The Kier molecular flexibility index (Phi) is 7.36. The van der Waals surface area contributed by atoms with E-state index in [9.17, 15) is 9.59 Å². The van der Waals surface area contributed by atoms with Crippen LogP contribution in [0.5, 0.6) is 11.5 Å². The fraction of sp³-hybridized carbons (Fsp3) is 0.304. The van der Waals surface area contributed by atoms with Gasteiger partial charge < -0.3 is 24.1 Å². The summed E-state index contributed by atoms with van der Waals surface area (Å²) in [6, 6.07) is 11.2. The standard InChI is InChI=1S/C23H26N2O5S/c1-15-10-19(16(2)25(15)13-18-6-5-9-31-18)23(27)30-14-22(26)24-12-17-7-8-20(28-3)21(11-17)29-4/h5-11H,12-14H2,1-4H3,(H,24,26). The number of carbonyl (C=O) groups excluding carboxylic acids is 2. The number of nitrogens with one attached hydrogen (secondary N) is 1. The summed E-state index contributed by atoms with van der Waals surface area (Å²) in [7, 11) is 3.12. The zero-order valence-electron chi connectivity index (χ0n) is 18.1. The smallest absolute Gasteiger partial charge is 0.340 e. The third-order valence-electron chi connectivity index (χ3n) is 4.96. The van der Waals surface area contributed by atoms with E-state index in [0.29, 0.717) is 23.6 Å². The SMILES string of the molecule is COc1ccc(CNC(=O)COC(=O)c2cc(C)n(Cc3cccs3)c2C)cc1OC. The van der Waals surface area contributed by atoms with E-state index in [1.807, 2.05) is 31.4 Å². The van der Waals surface area contributed by atoms with Crippen molar-refractivity contribution in [3.8, 4) is 11.5 Å². The Morgan fingerprint density at radius 2 is 1.84 bits per heavy atom. The molecule has 0 bridgehead atoms. The second-order valence-corrected chi connectivity index (χ2v) is 8.02. The first-order chi connectivity index (χ1) is 14.9. The number of aryl methyl sites for hydroxylation is 1. The van der Waals surface area contributed by atoms with Crippen LogP contribution in [0.25, 0.3) is 0 Å². The minimum atomic E-state index is -0.508. The number of hydrogen-bond acceptors (Lipinski definition) is 6. The molecule has 1 N–H and O–H groups in total. The summed E-state index contributed by atoms with van der Waals surface area (Å²) in [5.41, 5.74) is 3.11. The molecule has 2 heterocycles. The Bertz CT molecular complexity index is 1060. The van der Waals surface area contributed by atoms with E-state index >= 15 is 0 Å². The number of carbonyl (C=O) groups is 2. The molecule has 0 aliphatic heterocycles. The first-order valence-corrected chi connectivity index (χ1v) is 10.6. The number of nitrogens with zero attached hydrogens (tertiary/aromatic N) is 1. The molecule has 0 spiro atoms. The van der Waals surface area contributed by atoms with Crippen molar-refractivity contribution >= 4 is 23.2 Å². The van der Waals surface area contributed by atoms with Crippen LogP contribution < -0.4 is 14.8 Å². The summed E-state index contributed by atoms with van der Waals surface area (Å²) < 4.78 is 17.8. The number of rotatable bonds is 9. The third-order valence-corrected chi connectivity index (χ3v) is 5.82. The highest BCUT2D eigenvalue weighted by Crippen LogP contribution is 2.27. The monoisotopic (exact) mass is 442 g/mol. The molecule has 1 aromatic carbocycles. The number of aromatic nitrogens is 1. The fourth-order valence-electron chi connectivity index (χ4n) is 3.26. The maximum atomic E-state index is 12.5. The average Bonchev–Trinajstić information content (AvgIpc) is 3.39. The van der Waals surface area contributed by atoms with Gasteiger partial charge >= 0.3 is 5.97 Å². The van der Waals surface area contributed by atoms with Gasteiger partial charge in [0.05, 0.1) is 26.3 Å². The molecule has 0 fully saturated rings. The van der Waals surface area contributed by atoms with Crippen LogP contribution in [0.1, 0.15) is 32.2 Å². The minimum Gasteiger partial charge on any atom is -0.493 e. The van der Waals surface area contributed by atoms with Gasteiger partial charge in [0.1, 0.15) is 0 Å².